The van der Waals surface area contributed by atoms with Crippen molar-refractivity contribution < 1.29 is 14.3 Å². The summed E-state index contributed by atoms with van der Waals surface area (Å²) in [5.41, 5.74) is 2.03. The van der Waals surface area contributed by atoms with Crippen molar-refractivity contribution in [3.63, 3.8) is 0 Å². The van der Waals surface area contributed by atoms with Crippen LogP contribution in [0.25, 0.3) is 10.3 Å². The number of pyridine rings is 1. The fourth-order valence-corrected chi connectivity index (χ4v) is 4.35. The number of rotatable bonds is 5. The number of piperidine rings is 1. The van der Waals surface area contributed by atoms with Crippen LogP contribution in [0, 0.1) is 5.92 Å². The summed E-state index contributed by atoms with van der Waals surface area (Å²) in [5.74, 6) is -0.495. The molecule has 0 bridgehead atoms. The van der Waals surface area contributed by atoms with Gasteiger partial charge in [0, 0.05) is 25.0 Å². The Kier molecular flexibility index (Phi) is 5.71. The molecule has 3 aromatic rings. The van der Waals surface area contributed by atoms with Gasteiger partial charge in [0.25, 0.3) is 0 Å². The highest BCUT2D eigenvalue weighted by Gasteiger charge is 2.27. The minimum absolute atomic E-state index is 0.0159. The van der Waals surface area contributed by atoms with Gasteiger partial charge in [-0.25, -0.2) is 14.8 Å². The van der Waals surface area contributed by atoms with E-state index in [-0.39, 0.29) is 17.8 Å². The lowest BCUT2D eigenvalue weighted by Gasteiger charge is -2.31. The highest BCUT2D eigenvalue weighted by atomic mass is 32.1. The van der Waals surface area contributed by atoms with Crippen LogP contribution < -0.4 is 10.2 Å². The molecule has 8 heteroatoms. The van der Waals surface area contributed by atoms with E-state index in [1.165, 1.54) is 0 Å². The Hall–Kier alpha value is -3.00. The first-order valence-corrected chi connectivity index (χ1v) is 10.5. The third-order valence-corrected chi connectivity index (χ3v) is 5.92. The van der Waals surface area contributed by atoms with Gasteiger partial charge in [0.05, 0.1) is 18.1 Å². The summed E-state index contributed by atoms with van der Waals surface area (Å²) in [6.07, 6.45) is 3.54. The molecule has 0 aliphatic carbocycles. The number of benzene rings is 1. The Balaban J connectivity index is 1.40. The number of ether oxygens (including phenoxy) is 1. The minimum Gasteiger partial charge on any atom is -0.462 e. The van der Waals surface area contributed by atoms with E-state index < -0.39 is 0 Å². The molecule has 2 aromatic heterocycles. The van der Waals surface area contributed by atoms with Crippen molar-refractivity contribution in [3.8, 4) is 0 Å². The summed E-state index contributed by atoms with van der Waals surface area (Å²) in [6.45, 7) is 3.62. The molecule has 1 aliphatic heterocycles. The van der Waals surface area contributed by atoms with Gasteiger partial charge < -0.3 is 15.0 Å². The monoisotopic (exact) mass is 410 g/mol. The van der Waals surface area contributed by atoms with E-state index in [2.05, 4.69) is 20.2 Å². The molecule has 4 rings (SSSR count). The number of aromatic nitrogens is 2. The highest BCUT2D eigenvalue weighted by molar-refractivity contribution is 7.21. The molecule has 1 unspecified atom stereocenters. The van der Waals surface area contributed by atoms with E-state index in [0.29, 0.717) is 24.4 Å². The number of nitrogens with zero attached hydrogens (tertiary/aromatic N) is 3. The van der Waals surface area contributed by atoms with Crippen molar-refractivity contribution in [2.45, 2.75) is 19.8 Å². The van der Waals surface area contributed by atoms with Crippen molar-refractivity contribution in [3.05, 3.63) is 48.2 Å². The van der Waals surface area contributed by atoms with E-state index in [4.69, 9.17) is 4.74 Å². The maximum absolute atomic E-state index is 12.8. The van der Waals surface area contributed by atoms with Crippen LogP contribution >= 0.6 is 11.3 Å². The molecule has 0 saturated carbocycles. The molecule has 1 aliphatic rings. The van der Waals surface area contributed by atoms with Crippen LogP contribution in [0.2, 0.25) is 0 Å². The lowest BCUT2D eigenvalue weighted by Crippen LogP contribution is -2.40. The summed E-state index contributed by atoms with van der Waals surface area (Å²) < 4.78 is 4.98. The zero-order valence-electron chi connectivity index (χ0n) is 16.1. The van der Waals surface area contributed by atoms with Gasteiger partial charge in [0.1, 0.15) is 10.3 Å². The zero-order chi connectivity index (χ0) is 20.2. The van der Waals surface area contributed by atoms with Crippen LogP contribution in [0.5, 0.6) is 0 Å². The summed E-state index contributed by atoms with van der Waals surface area (Å²) in [5, 5.41) is 3.87. The SMILES string of the molecule is CCOC(=O)c1ccc(NC(=O)C2CCCN(c3nc4cccnc4s3)C2)cc1. The molecule has 0 spiro atoms. The molecule has 29 heavy (non-hydrogen) atoms. The molecule has 150 valence electrons. The normalized spacial score (nSPS) is 16.6. The fraction of sp³-hybridized carbons (Fsp3) is 0.333. The smallest absolute Gasteiger partial charge is 0.338 e. The van der Waals surface area contributed by atoms with E-state index in [1.54, 1.807) is 48.7 Å². The quantitative estimate of drug-likeness (QED) is 0.646. The lowest BCUT2D eigenvalue weighted by molar-refractivity contribution is -0.120. The average molecular weight is 410 g/mol. The molecule has 1 saturated heterocycles. The predicted octanol–water partition coefficient (Wildman–Crippen LogP) is 3.72. The molecule has 7 nitrogen and oxygen atoms in total. The number of amides is 1. The molecule has 3 heterocycles. The largest absolute Gasteiger partial charge is 0.462 e. The molecular formula is C21H22N4O3S. The standard InChI is InChI=1S/C21H22N4O3S/c1-2-28-20(27)14-7-9-16(10-8-14)23-18(26)15-5-4-12-25(13-15)21-24-17-6-3-11-22-19(17)29-21/h3,6-11,15H,2,4-5,12-13H2,1H3,(H,23,26). The first-order chi connectivity index (χ1) is 14.1. The van der Waals surface area contributed by atoms with Crippen molar-refractivity contribution >= 4 is 44.4 Å². The Labute approximate surface area is 172 Å². The van der Waals surface area contributed by atoms with Crippen LogP contribution in [0.4, 0.5) is 10.8 Å². The molecule has 1 fully saturated rings. The van der Waals surface area contributed by atoms with Crippen LogP contribution in [0.15, 0.2) is 42.6 Å². The Morgan fingerprint density at radius 1 is 1.28 bits per heavy atom. The van der Waals surface area contributed by atoms with Crippen LogP contribution in [0.1, 0.15) is 30.1 Å². The highest BCUT2D eigenvalue weighted by Crippen LogP contribution is 2.30. The summed E-state index contributed by atoms with van der Waals surface area (Å²) in [6, 6.07) is 10.6. The van der Waals surface area contributed by atoms with E-state index >= 15 is 0 Å². The predicted molar refractivity (Wildman–Crippen MR) is 113 cm³/mol. The van der Waals surface area contributed by atoms with Crippen LogP contribution in [0.3, 0.4) is 0 Å². The summed E-state index contributed by atoms with van der Waals surface area (Å²) in [7, 11) is 0. The molecular weight excluding hydrogens is 388 g/mol. The second-order valence-electron chi connectivity index (χ2n) is 6.90. The molecule has 1 amide bonds. The van der Waals surface area contributed by atoms with Crippen molar-refractivity contribution in [1.82, 2.24) is 9.97 Å². The van der Waals surface area contributed by atoms with E-state index in [9.17, 15) is 9.59 Å². The average Bonchev–Trinajstić information content (AvgIpc) is 3.19. The molecule has 0 radical (unpaired) electrons. The Morgan fingerprint density at radius 2 is 2.10 bits per heavy atom. The number of carbonyl (C=O) groups excluding carboxylic acids is 2. The van der Waals surface area contributed by atoms with E-state index in [0.717, 1.165) is 34.9 Å². The Morgan fingerprint density at radius 3 is 2.86 bits per heavy atom. The lowest BCUT2D eigenvalue weighted by atomic mass is 9.97. The van der Waals surface area contributed by atoms with Crippen molar-refractivity contribution in [2.75, 3.05) is 29.9 Å². The first kappa shape index (κ1) is 19.3. The van der Waals surface area contributed by atoms with E-state index in [1.807, 2.05) is 12.1 Å². The fourth-order valence-electron chi connectivity index (χ4n) is 3.41. The number of anilines is 2. The van der Waals surface area contributed by atoms with Crippen molar-refractivity contribution in [2.24, 2.45) is 5.92 Å². The van der Waals surface area contributed by atoms with Gasteiger partial charge in [-0.3, -0.25) is 4.79 Å². The van der Waals surface area contributed by atoms with Gasteiger partial charge >= 0.3 is 5.97 Å². The minimum atomic E-state index is -0.362. The Bertz CT molecular complexity index is 985. The molecule has 1 N–H and O–H groups in total. The number of hydrogen-bond donors (Lipinski definition) is 1. The van der Waals surface area contributed by atoms with Crippen LogP contribution in [-0.4, -0.2) is 41.5 Å². The third-order valence-electron chi connectivity index (χ3n) is 4.88. The maximum atomic E-state index is 12.8. The number of fused-ring (bicyclic) bond motifs is 1. The zero-order valence-corrected chi connectivity index (χ0v) is 16.9. The van der Waals surface area contributed by atoms with Gasteiger partial charge in [-0.15, -0.1) is 0 Å². The van der Waals surface area contributed by atoms with Crippen molar-refractivity contribution in [1.29, 1.82) is 0 Å². The second kappa shape index (κ2) is 8.57. The number of esters is 1. The van der Waals surface area contributed by atoms with Gasteiger partial charge in [-0.2, -0.15) is 0 Å². The van der Waals surface area contributed by atoms with Gasteiger partial charge in [-0.1, -0.05) is 11.3 Å². The first-order valence-electron chi connectivity index (χ1n) is 9.68. The van der Waals surface area contributed by atoms with Gasteiger partial charge in [0.2, 0.25) is 5.91 Å². The second-order valence-corrected chi connectivity index (χ2v) is 7.85. The number of nitrogens with one attached hydrogen (secondary N) is 1. The number of carbonyl (C=O) groups is 2. The number of hydrogen-bond acceptors (Lipinski definition) is 7. The van der Waals surface area contributed by atoms with Gasteiger partial charge in [-0.05, 0) is 56.2 Å². The summed E-state index contributed by atoms with van der Waals surface area (Å²) >= 11 is 1.56. The maximum Gasteiger partial charge on any atom is 0.338 e. The molecule has 1 atom stereocenters. The van der Waals surface area contributed by atoms with Gasteiger partial charge in [0.15, 0.2) is 5.13 Å². The topological polar surface area (TPSA) is 84.4 Å². The number of thiazole rings is 1. The molecule has 1 aromatic carbocycles. The summed E-state index contributed by atoms with van der Waals surface area (Å²) in [4.78, 5) is 36.6. The van der Waals surface area contributed by atoms with Crippen LogP contribution in [-0.2, 0) is 9.53 Å². The third kappa shape index (κ3) is 4.37.